The molecule has 0 spiro atoms. The van der Waals surface area contributed by atoms with E-state index in [1.807, 2.05) is 24.3 Å². The van der Waals surface area contributed by atoms with E-state index in [4.69, 9.17) is 24.7 Å². The molecule has 2 unspecified atom stereocenters. The molecule has 0 radical (unpaired) electrons. The third-order valence-electron chi connectivity index (χ3n) is 3.28. The lowest BCUT2D eigenvalue weighted by molar-refractivity contribution is -0.0179. The summed E-state index contributed by atoms with van der Waals surface area (Å²) in [5.74, 6) is 0.864. The lowest BCUT2D eigenvalue weighted by Crippen LogP contribution is -2.38. The van der Waals surface area contributed by atoms with Crippen LogP contribution in [0, 0.1) is 0 Å². The molecule has 0 bridgehead atoms. The first-order chi connectivity index (χ1) is 9.83. The largest absolute Gasteiger partial charge is 0.490 e. The van der Waals surface area contributed by atoms with Crippen molar-refractivity contribution in [1.29, 1.82) is 0 Å². The number of para-hydroxylation sites is 1. The highest BCUT2D eigenvalue weighted by Gasteiger charge is 2.28. The van der Waals surface area contributed by atoms with E-state index in [1.165, 1.54) is 0 Å². The van der Waals surface area contributed by atoms with Crippen LogP contribution in [0.3, 0.4) is 0 Å². The predicted octanol–water partition coefficient (Wildman–Crippen LogP) is 1.52. The van der Waals surface area contributed by atoms with Crippen LogP contribution in [0.15, 0.2) is 24.3 Å². The fourth-order valence-electron chi connectivity index (χ4n) is 2.16. The van der Waals surface area contributed by atoms with Gasteiger partial charge in [0, 0.05) is 25.9 Å². The van der Waals surface area contributed by atoms with Gasteiger partial charge in [-0.05, 0) is 12.5 Å². The molecule has 5 heteroatoms. The highest BCUT2D eigenvalue weighted by molar-refractivity contribution is 5.38. The van der Waals surface area contributed by atoms with Crippen molar-refractivity contribution in [3.05, 3.63) is 29.8 Å². The summed E-state index contributed by atoms with van der Waals surface area (Å²) in [5.41, 5.74) is 7.23. The molecule has 0 amide bonds. The molecule has 5 nitrogen and oxygen atoms in total. The van der Waals surface area contributed by atoms with Crippen LogP contribution in [-0.2, 0) is 14.2 Å². The summed E-state index contributed by atoms with van der Waals surface area (Å²) >= 11 is 0. The predicted molar refractivity (Wildman–Crippen MR) is 75.9 cm³/mol. The molecule has 1 aromatic carbocycles. The van der Waals surface area contributed by atoms with E-state index < -0.39 is 0 Å². The number of benzene rings is 1. The molecule has 2 rings (SSSR count). The quantitative estimate of drug-likeness (QED) is 0.732. The van der Waals surface area contributed by atoms with Crippen molar-refractivity contribution in [2.45, 2.75) is 18.6 Å². The van der Waals surface area contributed by atoms with Gasteiger partial charge in [0.25, 0.3) is 0 Å². The number of rotatable bonds is 8. The molecule has 0 aliphatic carbocycles. The van der Waals surface area contributed by atoms with Gasteiger partial charge >= 0.3 is 0 Å². The van der Waals surface area contributed by atoms with Crippen LogP contribution in [0.2, 0.25) is 0 Å². The summed E-state index contributed by atoms with van der Waals surface area (Å²) in [6.45, 7) is 3.04. The third-order valence-corrected chi connectivity index (χ3v) is 3.28. The Morgan fingerprint density at radius 1 is 1.20 bits per heavy atom. The molecule has 2 N–H and O–H groups in total. The summed E-state index contributed by atoms with van der Waals surface area (Å²) in [5, 5.41) is 0. The van der Waals surface area contributed by atoms with Gasteiger partial charge in [0.15, 0.2) is 0 Å². The molecule has 1 aromatic rings. The van der Waals surface area contributed by atoms with E-state index in [0.29, 0.717) is 33.0 Å². The first-order valence-corrected chi connectivity index (χ1v) is 6.98. The maximum Gasteiger partial charge on any atom is 0.124 e. The van der Waals surface area contributed by atoms with Gasteiger partial charge in [0.2, 0.25) is 0 Å². The Bertz CT molecular complexity index is 399. The van der Waals surface area contributed by atoms with Gasteiger partial charge in [-0.3, -0.25) is 0 Å². The molecule has 2 atom stereocenters. The Balaban J connectivity index is 1.67. The van der Waals surface area contributed by atoms with Crippen molar-refractivity contribution in [1.82, 2.24) is 0 Å². The Morgan fingerprint density at radius 2 is 2.05 bits per heavy atom. The normalized spacial score (nSPS) is 21.3. The van der Waals surface area contributed by atoms with E-state index in [0.717, 1.165) is 17.7 Å². The zero-order valence-corrected chi connectivity index (χ0v) is 11.9. The number of hydrogen-bond acceptors (Lipinski definition) is 5. The Labute approximate surface area is 120 Å². The summed E-state index contributed by atoms with van der Waals surface area (Å²) in [7, 11) is 1.66. The minimum Gasteiger partial charge on any atom is -0.490 e. The number of fused-ring (bicyclic) bond motifs is 1. The van der Waals surface area contributed by atoms with E-state index in [2.05, 4.69) is 0 Å². The van der Waals surface area contributed by atoms with Crippen molar-refractivity contribution in [3.8, 4) is 5.75 Å². The van der Waals surface area contributed by atoms with E-state index in [9.17, 15) is 0 Å². The second kappa shape index (κ2) is 8.21. The zero-order valence-electron chi connectivity index (χ0n) is 11.9. The highest BCUT2D eigenvalue weighted by atomic mass is 16.5. The van der Waals surface area contributed by atoms with Gasteiger partial charge < -0.3 is 24.7 Å². The van der Waals surface area contributed by atoms with Gasteiger partial charge in [-0.1, -0.05) is 18.2 Å². The first-order valence-electron chi connectivity index (χ1n) is 6.98. The Hall–Kier alpha value is -1.14. The summed E-state index contributed by atoms with van der Waals surface area (Å²) in [6.07, 6.45) is 0.748. The van der Waals surface area contributed by atoms with Crippen LogP contribution in [0.1, 0.15) is 18.0 Å². The lowest BCUT2D eigenvalue weighted by atomic mass is 9.99. The second-order valence-corrected chi connectivity index (χ2v) is 4.74. The zero-order chi connectivity index (χ0) is 14.2. The molecule has 1 heterocycles. The van der Waals surface area contributed by atoms with Crippen LogP contribution in [-0.4, -0.2) is 46.2 Å². The smallest absolute Gasteiger partial charge is 0.124 e. The monoisotopic (exact) mass is 281 g/mol. The SMILES string of the molecule is COCCOCCCOC1COc2ccccc2C1N. The second-order valence-electron chi connectivity index (χ2n) is 4.74. The van der Waals surface area contributed by atoms with Crippen molar-refractivity contribution in [3.63, 3.8) is 0 Å². The molecule has 1 aliphatic rings. The molecule has 0 aromatic heterocycles. The summed E-state index contributed by atoms with van der Waals surface area (Å²) in [6, 6.07) is 7.71. The van der Waals surface area contributed by atoms with Crippen LogP contribution < -0.4 is 10.5 Å². The average Bonchev–Trinajstić information content (AvgIpc) is 2.49. The number of ether oxygens (including phenoxy) is 4. The van der Waals surface area contributed by atoms with Gasteiger partial charge in [-0.2, -0.15) is 0 Å². The molecular formula is C15H23NO4. The standard InChI is InChI=1S/C15H23NO4/c1-17-9-10-18-7-4-8-19-14-11-20-13-6-3-2-5-12(13)15(14)16/h2-3,5-6,14-15H,4,7-11,16H2,1H3. The fourth-order valence-corrected chi connectivity index (χ4v) is 2.16. The maximum absolute atomic E-state index is 6.22. The number of hydrogen-bond donors (Lipinski definition) is 1. The first kappa shape index (κ1) is 15.3. The lowest BCUT2D eigenvalue weighted by Gasteiger charge is -2.31. The summed E-state index contributed by atoms with van der Waals surface area (Å²) < 4.78 is 21.7. The molecule has 20 heavy (non-hydrogen) atoms. The average molecular weight is 281 g/mol. The highest BCUT2D eigenvalue weighted by Crippen LogP contribution is 2.31. The molecule has 1 aliphatic heterocycles. The number of nitrogens with two attached hydrogens (primary N) is 1. The topological polar surface area (TPSA) is 62.9 Å². The van der Waals surface area contributed by atoms with Crippen molar-refractivity contribution >= 4 is 0 Å². The van der Waals surface area contributed by atoms with E-state index >= 15 is 0 Å². The van der Waals surface area contributed by atoms with Gasteiger partial charge in [0.1, 0.15) is 18.5 Å². The van der Waals surface area contributed by atoms with E-state index in [-0.39, 0.29) is 12.1 Å². The molecular weight excluding hydrogens is 258 g/mol. The summed E-state index contributed by atoms with van der Waals surface area (Å²) in [4.78, 5) is 0. The van der Waals surface area contributed by atoms with Gasteiger partial charge in [0.05, 0.1) is 19.3 Å². The third kappa shape index (κ3) is 4.18. The fraction of sp³-hybridized carbons (Fsp3) is 0.600. The van der Waals surface area contributed by atoms with Crippen LogP contribution >= 0.6 is 0 Å². The molecule has 0 fully saturated rings. The van der Waals surface area contributed by atoms with Crippen molar-refractivity contribution in [2.75, 3.05) is 40.1 Å². The molecule has 0 saturated heterocycles. The Kier molecular flexibility index (Phi) is 6.26. The van der Waals surface area contributed by atoms with Crippen molar-refractivity contribution in [2.24, 2.45) is 5.73 Å². The maximum atomic E-state index is 6.22. The minimum atomic E-state index is -0.130. The van der Waals surface area contributed by atoms with Crippen LogP contribution in [0.4, 0.5) is 0 Å². The van der Waals surface area contributed by atoms with Crippen LogP contribution in [0.25, 0.3) is 0 Å². The molecule has 112 valence electrons. The molecule has 0 saturated carbocycles. The van der Waals surface area contributed by atoms with E-state index in [1.54, 1.807) is 7.11 Å². The number of methoxy groups -OCH3 is 1. The van der Waals surface area contributed by atoms with Crippen LogP contribution in [0.5, 0.6) is 5.75 Å². The van der Waals surface area contributed by atoms with Gasteiger partial charge in [-0.25, -0.2) is 0 Å². The Morgan fingerprint density at radius 3 is 2.90 bits per heavy atom. The van der Waals surface area contributed by atoms with Crippen molar-refractivity contribution < 1.29 is 18.9 Å². The van der Waals surface area contributed by atoms with Gasteiger partial charge in [-0.15, -0.1) is 0 Å². The minimum absolute atomic E-state index is 0.0936.